The van der Waals surface area contributed by atoms with Crippen LogP contribution in [-0.4, -0.2) is 34.3 Å². The third kappa shape index (κ3) is 3.08. The highest BCUT2D eigenvalue weighted by atomic mass is 32.2. The maximum absolute atomic E-state index is 11.1. The van der Waals surface area contributed by atoms with Gasteiger partial charge in [0, 0.05) is 0 Å². The fourth-order valence-electron chi connectivity index (χ4n) is 1.46. The Labute approximate surface area is 73.8 Å². The average Bonchev–Trinajstić information content (AvgIpc) is 2.06. The van der Waals surface area contributed by atoms with E-state index in [9.17, 15) is 8.42 Å². The van der Waals surface area contributed by atoms with Crippen molar-refractivity contribution in [2.45, 2.75) is 12.8 Å². The maximum Gasteiger partial charge on any atom is 0.211 e. The van der Waals surface area contributed by atoms with Gasteiger partial charge in [-0.05, 0) is 38.9 Å². The summed E-state index contributed by atoms with van der Waals surface area (Å²) in [6.45, 7) is 1.86. The van der Waals surface area contributed by atoms with E-state index in [0.717, 1.165) is 25.9 Å². The smallest absolute Gasteiger partial charge is 0.211 e. The van der Waals surface area contributed by atoms with E-state index in [0.29, 0.717) is 0 Å². The normalized spacial score (nSPS) is 25.6. The van der Waals surface area contributed by atoms with E-state index in [4.69, 9.17) is 0 Å². The number of hydrogen-bond donors (Lipinski definition) is 2. The van der Waals surface area contributed by atoms with E-state index < -0.39 is 10.0 Å². The topological polar surface area (TPSA) is 58.2 Å². The Morgan fingerprint density at radius 3 is 2.83 bits per heavy atom. The van der Waals surface area contributed by atoms with Crippen molar-refractivity contribution in [2.75, 3.05) is 25.9 Å². The molecule has 1 atom stereocenters. The standard InChI is InChI=1S/C7H16N2O2S/c1-8-12(10,11)6-7-3-2-4-9-5-7/h7-9H,2-6H2,1H3/t7-/m0/s1. The summed E-state index contributed by atoms with van der Waals surface area (Å²) >= 11 is 0. The van der Waals surface area contributed by atoms with Crippen molar-refractivity contribution in [1.29, 1.82) is 0 Å². The minimum atomic E-state index is -3.01. The largest absolute Gasteiger partial charge is 0.316 e. The second-order valence-corrected chi connectivity index (χ2v) is 5.17. The quantitative estimate of drug-likeness (QED) is 0.636. The molecular weight excluding hydrogens is 176 g/mol. The Morgan fingerprint density at radius 2 is 2.33 bits per heavy atom. The van der Waals surface area contributed by atoms with Crippen molar-refractivity contribution in [3.8, 4) is 0 Å². The summed E-state index contributed by atoms with van der Waals surface area (Å²) in [4.78, 5) is 0. The zero-order valence-corrected chi connectivity index (χ0v) is 8.15. The highest BCUT2D eigenvalue weighted by molar-refractivity contribution is 7.89. The van der Waals surface area contributed by atoms with Gasteiger partial charge in [0.25, 0.3) is 0 Å². The second-order valence-electron chi connectivity index (χ2n) is 3.20. The van der Waals surface area contributed by atoms with Gasteiger partial charge in [0.05, 0.1) is 5.75 Å². The molecule has 1 aliphatic heterocycles. The lowest BCUT2D eigenvalue weighted by molar-refractivity contribution is 0.403. The van der Waals surface area contributed by atoms with Gasteiger partial charge in [0.15, 0.2) is 0 Å². The monoisotopic (exact) mass is 192 g/mol. The number of nitrogens with one attached hydrogen (secondary N) is 2. The molecule has 0 aromatic carbocycles. The molecule has 0 saturated carbocycles. The van der Waals surface area contributed by atoms with Crippen LogP contribution in [0.25, 0.3) is 0 Å². The Kier molecular flexibility index (Phi) is 3.49. The highest BCUT2D eigenvalue weighted by Crippen LogP contribution is 2.11. The van der Waals surface area contributed by atoms with Crippen LogP contribution in [0.2, 0.25) is 0 Å². The first-order valence-corrected chi connectivity index (χ1v) is 5.91. The molecule has 0 amide bonds. The van der Waals surface area contributed by atoms with Crippen molar-refractivity contribution in [1.82, 2.24) is 10.0 Å². The van der Waals surface area contributed by atoms with E-state index in [1.165, 1.54) is 7.05 Å². The van der Waals surface area contributed by atoms with E-state index in [1.807, 2.05) is 0 Å². The van der Waals surface area contributed by atoms with Gasteiger partial charge in [-0.3, -0.25) is 0 Å². The maximum atomic E-state index is 11.1. The van der Waals surface area contributed by atoms with Gasteiger partial charge in [0.1, 0.15) is 0 Å². The molecule has 0 aromatic heterocycles. The van der Waals surface area contributed by atoms with Crippen LogP contribution in [0.15, 0.2) is 0 Å². The van der Waals surface area contributed by atoms with E-state index in [1.54, 1.807) is 0 Å². The lowest BCUT2D eigenvalue weighted by Gasteiger charge is -2.21. The molecule has 0 radical (unpaired) electrons. The summed E-state index contributed by atoms with van der Waals surface area (Å²) in [6, 6.07) is 0. The lowest BCUT2D eigenvalue weighted by Crippen LogP contribution is -2.36. The van der Waals surface area contributed by atoms with Gasteiger partial charge in [-0.15, -0.1) is 0 Å². The summed E-state index contributed by atoms with van der Waals surface area (Å²) in [5, 5.41) is 3.19. The lowest BCUT2D eigenvalue weighted by atomic mass is 10.0. The predicted molar refractivity (Wildman–Crippen MR) is 48.4 cm³/mol. The van der Waals surface area contributed by atoms with Crippen LogP contribution in [0, 0.1) is 5.92 Å². The fraction of sp³-hybridized carbons (Fsp3) is 1.00. The Morgan fingerprint density at radius 1 is 1.58 bits per heavy atom. The molecule has 0 unspecified atom stereocenters. The average molecular weight is 192 g/mol. The molecule has 0 spiro atoms. The predicted octanol–water partition coefficient (Wildman–Crippen LogP) is -0.465. The van der Waals surface area contributed by atoms with Gasteiger partial charge in [-0.25, -0.2) is 13.1 Å². The van der Waals surface area contributed by atoms with Crippen LogP contribution in [0.4, 0.5) is 0 Å². The van der Waals surface area contributed by atoms with Crippen LogP contribution >= 0.6 is 0 Å². The molecule has 1 saturated heterocycles. The molecule has 1 fully saturated rings. The van der Waals surface area contributed by atoms with Crippen molar-refractivity contribution in [3.05, 3.63) is 0 Å². The molecule has 12 heavy (non-hydrogen) atoms. The van der Waals surface area contributed by atoms with Gasteiger partial charge in [-0.2, -0.15) is 0 Å². The first kappa shape index (κ1) is 9.95. The summed E-state index contributed by atoms with van der Waals surface area (Å²) < 4.78 is 24.6. The number of sulfonamides is 1. The van der Waals surface area contributed by atoms with Gasteiger partial charge in [-0.1, -0.05) is 0 Å². The Balaban J connectivity index is 2.39. The minimum absolute atomic E-state index is 0.260. The highest BCUT2D eigenvalue weighted by Gasteiger charge is 2.19. The first-order valence-electron chi connectivity index (χ1n) is 4.26. The van der Waals surface area contributed by atoms with Crippen molar-refractivity contribution >= 4 is 10.0 Å². The van der Waals surface area contributed by atoms with Crippen LogP contribution in [0.5, 0.6) is 0 Å². The molecule has 5 heteroatoms. The molecule has 0 aromatic rings. The van der Waals surface area contributed by atoms with E-state index in [-0.39, 0.29) is 11.7 Å². The zero-order valence-electron chi connectivity index (χ0n) is 7.34. The molecule has 2 N–H and O–H groups in total. The van der Waals surface area contributed by atoms with Gasteiger partial charge < -0.3 is 5.32 Å². The van der Waals surface area contributed by atoms with Crippen LogP contribution in [0.3, 0.4) is 0 Å². The fourth-order valence-corrected chi connectivity index (χ4v) is 2.53. The third-order valence-electron chi connectivity index (χ3n) is 2.17. The van der Waals surface area contributed by atoms with Crippen LogP contribution < -0.4 is 10.0 Å². The number of piperidine rings is 1. The summed E-state index contributed by atoms with van der Waals surface area (Å²) in [6.07, 6.45) is 2.11. The Bertz CT molecular complexity index is 220. The number of rotatable bonds is 3. The van der Waals surface area contributed by atoms with Crippen molar-refractivity contribution in [2.24, 2.45) is 5.92 Å². The zero-order chi connectivity index (χ0) is 9.03. The van der Waals surface area contributed by atoms with E-state index >= 15 is 0 Å². The molecule has 1 rings (SSSR count). The van der Waals surface area contributed by atoms with Crippen LogP contribution in [0.1, 0.15) is 12.8 Å². The molecule has 1 aliphatic rings. The molecule has 72 valence electrons. The molecule has 4 nitrogen and oxygen atoms in total. The Hall–Kier alpha value is -0.130. The molecule has 0 aliphatic carbocycles. The molecular formula is C7H16N2O2S. The third-order valence-corrected chi connectivity index (χ3v) is 3.70. The van der Waals surface area contributed by atoms with Gasteiger partial charge in [0.2, 0.25) is 10.0 Å². The minimum Gasteiger partial charge on any atom is -0.316 e. The summed E-state index contributed by atoms with van der Waals surface area (Å²) in [5.74, 6) is 0.549. The van der Waals surface area contributed by atoms with E-state index in [2.05, 4.69) is 10.0 Å². The second kappa shape index (κ2) is 4.20. The van der Waals surface area contributed by atoms with Crippen molar-refractivity contribution < 1.29 is 8.42 Å². The van der Waals surface area contributed by atoms with Crippen LogP contribution in [-0.2, 0) is 10.0 Å². The summed E-state index contributed by atoms with van der Waals surface area (Å²) in [7, 11) is -1.55. The SMILES string of the molecule is CNS(=O)(=O)C[C@H]1CCCNC1. The molecule has 1 heterocycles. The summed E-state index contributed by atoms with van der Waals surface area (Å²) in [5.41, 5.74) is 0. The van der Waals surface area contributed by atoms with Gasteiger partial charge >= 0.3 is 0 Å². The number of hydrogen-bond acceptors (Lipinski definition) is 3. The molecule has 0 bridgehead atoms. The van der Waals surface area contributed by atoms with Crippen molar-refractivity contribution in [3.63, 3.8) is 0 Å². The first-order chi connectivity index (χ1) is 5.64.